The van der Waals surface area contributed by atoms with Gasteiger partial charge in [0.25, 0.3) is 5.91 Å². The standard InChI is InChI=1S/C18H13BrN2O5/c19-13-1-6-16(26-10-17(23)24)11(8-13)7-12(9-20)18(25)21-14-2-4-15(22)5-3-14/h1-8,22H,10H2,(H,21,25)(H,23,24)/b12-7+. The minimum atomic E-state index is -1.14. The van der Waals surface area contributed by atoms with Gasteiger partial charge in [-0.25, -0.2) is 4.79 Å². The molecule has 8 heteroatoms. The highest BCUT2D eigenvalue weighted by molar-refractivity contribution is 9.10. The molecule has 2 aromatic carbocycles. The fraction of sp³-hybridized carbons (Fsp3) is 0.0556. The summed E-state index contributed by atoms with van der Waals surface area (Å²) in [5, 5.41) is 29.8. The van der Waals surface area contributed by atoms with Crippen molar-refractivity contribution in [1.82, 2.24) is 0 Å². The second-order valence-electron chi connectivity index (χ2n) is 5.04. The summed E-state index contributed by atoms with van der Waals surface area (Å²) in [6.07, 6.45) is 1.30. The van der Waals surface area contributed by atoms with Crippen molar-refractivity contribution >= 4 is 39.6 Å². The number of carboxylic acid groups (broad SMARTS) is 1. The first-order chi connectivity index (χ1) is 12.4. The first kappa shape index (κ1) is 19.0. The molecule has 2 aromatic rings. The average Bonchev–Trinajstić information content (AvgIpc) is 2.60. The maximum atomic E-state index is 12.3. The topological polar surface area (TPSA) is 120 Å². The molecule has 7 nitrogen and oxygen atoms in total. The molecule has 132 valence electrons. The van der Waals surface area contributed by atoms with Gasteiger partial charge in [-0.1, -0.05) is 15.9 Å². The summed E-state index contributed by atoms with van der Waals surface area (Å²) < 4.78 is 5.85. The van der Waals surface area contributed by atoms with E-state index in [-0.39, 0.29) is 17.1 Å². The van der Waals surface area contributed by atoms with Crippen molar-refractivity contribution in [1.29, 1.82) is 5.26 Å². The van der Waals surface area contributed by atoms with Gasteiger partial charge in [-0.2, -0.15) is 5.26 Å². The zero-order valence-electron chi connectivity index (χ0n) is 13.3. The fourth-order valence-electron chi connectivity index (χ4n) is 1.95. The number of ether oxygens (including phenoxy) is 1. The number of nitrogens with one attached hydrogen (secondary N) is 1. The van der Waals surface area contributed by atoms with Crippen LogP contribution in [-0.4, -0.2) is 28.7 Å². The molecule has 0 aliphatic rings. The third-order valence-electron chi connectivity index (χ3n) is 3.11. The van der Waals surface area contributed by atoms with Crippen LogP contribution in [0.2, 0.25) is 0 Å². The summed E-state index contributed by atoms with van der Waals surface area (Å²) in [5.74, 6) is -1.52. The molecule has 0 fully saturated rings. The Bertz CT molecular complexity index is 901. The highest BCUT2D eigenvalue weighted by atomic mass is 79.9. The van der Waals surface area contributed by atoms with Crippen LogP contribution in [0.4, 0.5) is 5.69 Å². The summed E-state index contributed by atoms with van der Waals surface area (Å²) in [6, 6.07) is 12.4. The van der Waals surface area contributed by atoms with Gasteiger partial charge < -0.3 is 20.3 Å². The van der Waals surface area contributed by atoms with E-state index >= 15 is 0 Å². The molecule has 2 rings (SSSR count). The Hall–Kier alpha value is -3.31. The quantitative estimate of drug-likeness (QED) is 0.377. The summed E-state index contributed by atoms with van der Waals surface area (Å²) in [5.41, 5.74) is 0.583. The number of anilines is 1. The largest absolute Gasteiger partial charge is 0.508 e. The monoisotopic (exact) mass is 416 g/mol. The number of phenols is 1. The first-order valence-corrected chi connectivity index (χ1v) is 8.04. The number of carboxylic acids is 1. The molecule has 26 heavy (non-hydrogen) atoms. The van der Waals surface area contributed by atoms with E-state index in [4.69, 9.17) is 9.84 Å². The number of aliphatic carboxylic acids is 1. The number of rotatable bonds is 6. The summed E-state index contributed by atoms with van der Waals surface area (Å²) >= 11 is 3.28. The normalized spacial score (nSPS) is 10.7. The number of benzene rings is 2. The van der Waals surface area contributed by atoms with Crippen LogP contribution in [0.15, 0.2) is 52.5 Å². The highest BCUT2D eigenvalue weighted by Gasteiger charge is 2.12. The third kappa shape index (κ3) is 5.36. The van der Waals surface area contributed by atoms with Gasteiger partial charge in [0.05, 0.1) is 0 Å². The van der Waals surface area contributed by atoms with Crippen molar-refractivity contribution in [3.8, 4) is 17.6 Å². The number of carbonyl (C=O) groups is 2. The van der Waals surface area contributed by atoms with E-state index in [1.807, 2.05) is 0 Å². The smallest absolute Gasteiger partial charge is 0.341 e. The van der Waals surface area contributed by atoms with Crippen molar-refractivity contribution in [3.05, 3.63) is 58.1 Å². The maximum Gasteiger partial charge on any atom is 0.341 e. The van der Waals surface area contributed by atoms with E-state index < -0.39 is 18.5 Å². The molecule has 0 aliphatic carbocycles. The van der Waals surface area contributed by atoms with Crippen LogP contribution in [0.3, 0.4) is 0 Å². The number of nitriles is 1. The lowest BCUT2D eigenvalue weighted by Gasteiger charge is -2.09. The summed E-state index contributed by atoms with van der Waals surface area (Å²) in [4.78, 5) is 23.0. The van der Waals surface area contributed by atoms with E-state index in [0.717, 1.165) is 0 Å². The second kappa shape index (κ2) is 8.69. The number of nitrogens with zero attached hydrogens (tertiary/aromatic N) is 1. The van der Waals surface area contributed by atoms with Crippen molar-refractivity contribution in [3.63, 3.8) is 0 Å². The molecule has 3 N–H and O–H groups in total. The first-order valence-electron chi connectivity index (χ1n) is 7.25. The number of aromatic hydroxyl groups is 1. The number of hydrogen-bond acceptors (Lipinski definition) is 5. The molecular weight excluding hydrogens is 404 g/mol. The van der Waals surface area contributed by atoms with Gasteiger partial charge in [0.1, 0.15) is 23.1 Å². The van der Waals surface area contributed by atoms with Crippen molar-refractivity contribution in [2.75, 3.05) is 11.9 Å². The van der Waals surface area contributed by atoms with Gasteiger partial charge in [-0.15, -0.1) is 0 Å². The molecule has 0 bridgehead atoms. The predicted octanol–water partition coefficient (Wildman–Crippen LogP) is 3.16. The van der Waals surface area contributed by atoms with E-state index in [0.29, 0.717) is 15.7 Å². The zero-order valence-corrected chi connectivity index (χ0v) is 14.9. The number of carbonyl (C=O) groups excluding carboxylic acids is 1. The van der Waals surface area contributed by atoms with Crippen LogP contribution in [0.1, 0.15) is 5.56 Å². The molecule has 0 saturated carbocycles. The van der Waals surface area contributed by atoms with Crippen LogP contribution in [0, 0.1) is 11.3 Å². The van der Waals surface area contributed by atoms with Gasteiger partial charge >= 0.3 is 5.97 Å². The van der Waals surface area contributed by atoms with Crippen LogP contribution in [0.5, 0.6) is 11.5 Å². The Labute approximate surface area is 157 Å². The Kier molecular flexibility index (Phi) is 6.36. The van der Waals surface area contributed by atoms with Crippen LogP contribution < -0.4 is 10.1 Å². The summed E-state index contributed by atoms with van der Waals surface area (Å²) in [7, 11) is 0. The second-order valence-corrected chi connectivity index (χ2v) is 5.95. The Morgan fingerprint density at radius 2 is 1.92 bits per heavy atom. The number of halogens is 1. The highest BCUT2D eigenvalue weighted by Crippen LogP contribution is 2.26. The molecule has 0 aliphatic heterocycles. The molecule has 0 spiro atoms. The Morgan fingerprint density at radius 1 is 1.23 bits per heavy atom. The SMILES string of the molecule is N#C/C(=C\c1cc(Br)ccc1OCC(=O)O)C(=O)Nc1ccc(O)cc1. The van der Waals surface area contributed by atoms with Gasteiger partial charge in [-0.3, -0.25) is 4.79 Å². The average molecular weight is 417 g/mol. The Balaban J connectivity index is 2.28. The van der Waals surface area contributed by atoms with E-state index in [9.17, 15) is 20.0 Å². The molecule has 0 aromatic heterocycles. The molecule has 0 atom stereocenters. The fourth-order valence-corrected chi connectivity index (χ4v) is 2.33. The lowest BCUT2D eigenvalue weighted by atomic mass is 10.1. The molecule has 0 unspecified atom stereocenters. The minimum Gasteiger partial charge on any atom is -0.508 e. The lowest BCUT2D eigenvalue weighted by molar-refractivity contribution is -0.139. The van der Waals surface area contributed by atoms with Crippen molar-refractivity contribution in [2.45, 2.75) is 0 Å². The number of hydrogen-bond donors (Lipinski definition) is 3. The van der Waals surface area contributed by atoms with Crippen molar-refractivity contribution < 1.29 is 24.5 Å². The molecule has 0 heterocycles. The Morgan fingerprint density at radius 3 is 2.54 bits per heavy atom. The zero-order chi connectivity index (χ0) is 19.1. The van der Waals surface area contributed by atoms with Gasteiger partial charge in [-0.05, 0) is 48.5 Å². The lowest BCUT2D eigenvalue weighted by Crippen LogP contribution is -2.13. The van der Waals surface area contributed by atoms with Crippen LogP contribution in [0.25, 0.3) is 6.08 Å². The molecule has 0 radical (unpaired) electrons. The number of phenolic OH excluding ortho intramolecular Hbond substituents is 1. The van der Waals surface area contributed by atoms with Gasteiger partial charge in [0, 0.05) is 15.7 Å². The third-order valence-corrected chi connectivity index (χ3v) is 3.61. The summed E-state index contributed by atoms with van der Waals surface area (Å²) in [6.45, 7) is -0.552. The molecule has 0 saturated heterocycles. The van der Waals surface area contributed by atoms with Gasteiger partial charge in [0.15, 0.2) is 6.61 Å². The predicted molar refractivity (Wildman–Crippen MR) is 97.6 cm³/mol. The van der Waals surface area contributed by atoms with Gasteiger partial charge in [0.2, 0.25) is 0 Å². The molecule has 1 amide bonds. The van der Waals surface area contributed by atoms with E-state index in [1.165, 1.54) is 36.4 Å². The van der Waals surface area contributed by atoms with Crippen LogP contribution >= 0.6 is 15.9 Å². The minimum absolute atomic E-state index is 0.0494. The maximum absolute atomic E-state index is 12.3. The van der Waals surface area contributed by atoms with E-state index in [2.05, 4.69) is 21.2 Å². The molecular formula is C18H13BrN2O5. The number of amides is 1. The van der Waals surface area contributed by atoms with Crippen molar-refractivity contribution in [2.24, 2.45) is 0 Å². The van der Waals surface area contributed by atoms with E-state index in [1.54, 1.807) is 18.2 Å². The van der Waals surface area contributed by atoms with Crippen LogP contribution in [-0.2, 0) is 9.59 Å².